The summed E-state index contributed by atoms with van der Waals surface area (Å²) in [6.45, 7) is 0.594. The monoisotopic (exact) mass is 358 g/mol. The molecule has 2 N–H and O–H groups in total. The molecule has 0 aliphatic rings. The van der Waals surface area contributed by atoms with Gasteiger partial charge in [0.2, 0.25) is 0 Å². The fourth-order valence-electron chi connectivity index (χ4n) is 1.37. The Hall–Kier alpha value is -0.910. The van der Waals surface area contributed by atoms with E-state index in [0.29, 0.717) is 17.3 Å². The van der Waals surface area contributed by atoms with E-state index in [-0.39, 0.29) is 0 Å². The fraction of sp³-hybridized carbons (Fsp3) is 0.154. The maximum absolute atomic E-state index is 5.86. The van der Waals surface area contributed by atoms with Gasteiger partial charge in [-0.2, -0.15) is 0 Å². The van der Waals surface area contributed by atoms with Gasteiger partial charge >= 0.3 is 0 Å². The molecule has 100 valence electrons. The van der Waals surface area contributed by atoms with E-state index in [9.17, 15) is 0 Å². The minimum atomic E-state index is 0.594. The minimum Gasteiger partial charge on any atom is -0.492 e. The Morgan fingerprint density at radius 1 is 1.32 bits per heavy atom. The first-order chi connectivity index (χ1) is 9.15. The van der Waals surface area contributed by atoms with Gasteiger partial charge in [-0.3, -0.25) is 0 Å². The number of hydrogen-bond donors (Lipinski definition) is 1. The zero-order chi connectivity index (χ0) is 13.7. The fourth-order valence-corrected chi connectivity index (χ4v) is 2.83. The SMILES string of the molecule is Nc1ccc(SCCOc2ccc(Cl)cc2Br)nc1. The lowest BCUT2D eigenvalue weighted by molar-refractivity contribution is 0.342. The molecular formula is C13H12BrClN2OS. The summed E-state index contributed by atoms with van der Waals surface area (Å²) in [5.74, 6) is 1.60. The predicted molar refractivity (Wildman–Crippen MR) is 84.0 cm³/mol. The molecule has 0 spiro atoms. The number of aromatic nitrogens is 1. The normalized spacial score (nSPS) is 10.4. The highest BCUT2D eigenvalue weighted by Gasteiger charge is 2.02. The average molecular weight is 360 g/mol. The Morgan fingerprint density at radius 3 is 2.84 bits per heavy atom. The molecule has 1 aromatic carbocycles. The zero-order valence-corrected chi connectivity index (χ0v) is 13.1. The van der Waals surface area contributed by atoms with Crippen LogP contribution < -0.4 is 10.5 Å². The van der Waals surface area contributed by atoms with Crippen molar-refractivity contribution in [1.82, 2.24) is 4.98 Å². The predicted octanol–water partition coefficient (Wildman–Crippen LogP) is 4.25. The molecule has 19 heavy (non-hydrogen) atoms. The second kappa shape index (κ2) is 7.03. The van der Waals surface area contributed by atoms with Crippen molar-refractivity contribution in [3.05, 3.63) is 46.0 Å². The number of rotatable bonds is 5. The summed E-state index contributed by atoms with van der Waals surface area (Å²) < 4.78 is 6.52. The van der Waals surface area contributed by atoms with Crippen LogP contribution in [0.25, 0.3) is 0 Å². The molecule has 0 amide bonds. The molecule has 0 atom stereocenters. The third kappa shape index (κ3) is 4.60. The third-order valence-corrected chi connectivity index (χ3v) is 4.01. The van der Waals surface area contributed by atoms with Gasteiger partial charge in [0.15, 0.2) is 0 Å². The summed E-state index contributed by atoms with van der Waals surface area (Å²) in [6.07, 6.45) is 1.65. The highest BCUT2D eigenvalue weighted by atomic mass is 79.9. The average Bonchev–Trinajstić information content (AvgIpc) is 2.39. The van der Waals surface area contributed by atoms with Crippen molar-refractivity contribution >= 4 is 45.0 Å². The topological polar surface area (TPSA) is 48.1 Å². The van der Waals surface area contributed by atoms with Gasteiger partial charge in [-0.15, -0.1) is 11.8 Å². The van der Waals surface area contributed by atoms with Gasteiger partial charge in [-0.25, -0.2) is 4.98 Å². The van der Waals surface area contributed by atoms with Crippen LogP contribution >= 0.6 is 39.3 Å². The Morgan fingerprint density at radius 2 is 2.16 bits per heavy atom. The number of hydrogen-bond acceptors (Lipinski definition) is 4. The van der Waals surface area contributed by atoms with E-state index < -0.39 is 0 Å². The van der Waals surface area contributed by atoms with Gasteiger partial charge in [0.25, 0.3) is 0 Å². The van der Waals surface area contributed by atoms with Crippen LogP contribution in [-0.4, -0.2) is 17.3 Å². The van der Waals surface area contributed by atoms with Crippen LogP contribution in [0.2, 0.25) is 5.02 Å². The molecule has 2 aromatic rings. The Labute approximate surface area is 129 Å². The maximum atomic E-state index is 5.86. The van der Waals surface area contributed by atoms with Crippen molar-refractivity contribution in [3.63, 3.8) is 0 Å². The molecule has 1 heterocycles. The van der Waals surface area contributed by atoms with Crippen LogP contribution in [0.4, 0.5) is 5.69 Å². The molecule has 0 saturated heterocycles. The molecule has 1 aromatic heterocycles. The Bertz CT molecular complexity index is 551. The number of benzene rings is 1. The molecule has 6 heteroatoms. The standard InChI is InChI=1S/C13H12BrClN2OS/c14-11-7-9(15)1-3-12(11)18-5-6-19-13-4-2-10(16)8-17-13/h1-4,7-8H,5-6,16H2. The molecule has 0 saturated carbocycles. The number of pyridine rings is 1. The molecule has 0 fully saturated rings. The van der Waals surface area contributed by atoms with Crippen LogP contribution in [-0.2, 0) is 0 Å². The van der Waals surface area contributed by atoms with E-state index in [2.05, 4.69) is 20.9 Å². The molecule has 0 aliphatic carbocycles. The molecule has 0 aliphatic heterocycles. The summed E-state index contributed by atoms with van der Waals surface area (Å²) in [5.41, 5.74) is 6.25. The van der Waals surface area contributed by atoms with Crippen molar-refractivity contribution in [2.45, 2.75) is 5.03 Å². The van der Waals surface area contributed by atoms with Crippen molar-refractivity contribution in [2.24, 2.45) is 0 Å². The first-order valence-electron chi connectivity index (χ1n) is 5.57. The van der Waals surface area contributed by atoms with Gasteiger partial charge in [-0.05, 0) is 46.3 Å². The second-order valence-electron chi connectivity index (χ2n) is 3.70. The number of nitrogens with zero attached hydrogens (tertiary/aromatic N) is 1. The first-order valence-corrected chi connectivity index (χ1v) is 7.73. The largest absolute Gasteiger partial charge is 0.492 e. The quantitative estimate of drug-likeness (QED) is 0.640. The third-order valence-electron chi connectivity index (χ3n) is 2.24. The first kappa shape index (κ1) is 14.5. The summed E-state index contributed by atoms with van der Waals surface area (Å²) in [4.78, 5) is 4.21. The van der Waals surface area contributed by atoms with Gasteiger partial charge in [-0.1, -0.05) is 11.6 Å². The van der Waals surface area contributed by atoms with E-state index in [1.807, 2.05) is 24.3 Å². The van der Waals surface area contributed by atoms with Crippen molar-refractivity contribution < 1.29 is 4.74 Å². The minimum absolute atomic E-state index is 0.594. The summed E-state index contributed by atoms with van der Waals surface area (Å²) in [7, 11) is 0. The van der Waals surface area contributed by atoms with E-state index in [0.717, 1.165) is 21.0 Å². The van der Waals surface area contributed by atoms with Crippen LogP contribution in [0.5, 0.6) is 5.75 Å². The van der Waals surface area contributed by atoms with Gasteiger partial charge < -0.3 is 10.5 Å². The maximum Gasteiger partial charge on any atom is 0.133 e. The lowest BCUT2D eigenvalue weighted by Crippen LogP contribution is -2.01. The zero-order valence-electron chi connectivity index (χ0n) is 9.98. The molecule has 3 nitrogen and oxygen atoms in total. The van der Waals surface area contributed by atoms with Gasteiger partial charge in [0.1, 0.15) is 5.75 Å². The molecule has 0 unspecified atom stereocenters. The molecule has 0 bridgehead atoms. The van der Waals surface area contributed by atoms with E-state index in [4.69, 9.17) is 22.1 Å². The van der Waals surface area contributed by atoms with Crippen LogP contribution in [0.15, 0.2) is 46.0 Å². The lowest BCUT2D eigenvalue weighted by Gasteiger charge is -2.08. The van der Waals surface area contributed by atoms with Gasteiger partial charge in [0, 0.05) is 10.8 Å². The van der Waals surface area contributed by atoms with E-state index in [1.165, 1.54) is 0 Å². The number of ether oxygens (including phenoxy) is 1. The van der Waals surface area contributed by atoms with E-state index >= 15 is 0 Å². The number of nitrogens with two attached hydrogens (primary N) is 1. The van der Waals surface area contributed by atoms with Gasteiger partial charge in [0.05, 0.1) is 28.0 Å². The number of thioether (sulfide) groups is 1. The van der Waals surface area contributed by atoms with Crippen molar-refractivity contribution in [2.75, 3.05) is 18.1 Å². The number of nitrogen functional groups attached to an aromatic ring is 1. The number of halogens is 2. The summed E-state index contributed by atoms with van der Waals surface area (Å²) in [5, 5.41) is 1.62. The Kier molecular flexibility index (Phi) is 5.36. The second-order valence-corrected chi connectivity index (χ2v) is 6.11. The highest BCUT2D eigenvalue weighted by Crippen LogP contribution is 2.28. The van der Waals surface area contributed by atoms with Crippen LogP contribution in [0.1, 0.15) is 0 Å². The number of anilines is 1. The smallest absolute Gasteiger partial charge is 0.133 e. The Balaban J connectivity index is 1.79. The molecular weight excluding hydrogens is 348 g/mol. The molecule has 2 rings (SSSR count). The molecule has 0 radical (unpaired) electrons. The summed E-state index contributed by atoms with van der Waals surface area (Å²) >= 11 is 10.9. The van der Waals surface area contributed by atoms with E-state index in [1.54, 1.807) is 24.0 Å². The highest BCUT2D eigenvalue weighted by molar-refractivity contribution is 9.10. The van der Waals surface area contributed by atoms with Crippen LogP contribution in [0, 0.1) is 0 Å². The lowest BCUT2D eigenvalue weighted by atomic mass is 10.3. The van der Waals surface area contributed by atoms with Crippen molar-refractivity contribution in [3.8, 4) is 5.75 Å². The summed E-state index contributed by atoms with van der Waals surface area (Å²) in [6, 6.07) is 9.20. The van der Waals surface area contributed by atoms with Crippen LogP contribution in [0.3, 0.4) is 0 Å². The van der Waals surface area contributed by atoms with Crippen molar-refractivity contribution in [1.29, 1.82) is 0 Å².